The molecule has 0 fully saturated rings. The lowest BCUT2D eigenvalue weighted by atomic mass is 10.2. The van der Waals surface area contributed by atoms with Crippen molar-refractivity contribution in [3.8, 4) is 5.75 Å². The van der Waals surface area contributed by atoms with Crippen molar-refractivity contribution in [1.82, 2.24) is 4.57 Å². The summed E-state index contributed by atoms with van der Waals surface area (Å²) in [5.74, 6) is 0.414. The number of ether oxygens (including phenoxy) is 2. The largest absolute Gasteiger partial charge is 0.497 e. The smallest absolute Gasteiger partial charge is 0.307 e. The fourth-order valence-corrected chi connectivity index (χ4v) is 2.80. The highest BCUT2D eigenvalue weighted by atomic mass is 32.1. The minimum atomic E-state index is -0.357. The summed E-state index contributed by atoms with van der Waals surface area (Å²) >= 11 is 1.17. The molecule has 112 valence electrons. The number of carbonyl (C=O) groups excluding carboxylic acids is 1. The number of hydrogen-bond acceptors (Lipinski definition) is 5. The predicted octanol–water partition coefficient (Wildman–Crippen LogP) is 2.34. The van der Waals surface area contributed by atoms with Gasteiger partial charge in [-0.05, 0) is 24.6 Å². The van der Waals surface area contributed by atoms with E-state index in [4.69, 9.17) is 9.47 Å². The Morgan fingerprint density at radius 1 is 1.29 bits per heavy atom. The minimum Gasteiger partial charge on any atom is -0.497 e. The van der Waals surface area contributed by atoms with Gasteiger partial charge in [-0.2, -0.15) is 0 Å². The van der Waals surface area contributed by atoms with Crippen molar-refractivity contribution in [3.63, 3.8) is 0 Å². The minimum absolute atomic E-state index is 0.0505. The number of carbonyl (C=O) groups is 1. The molecule has 0 aliphatic heterocycles. The highest BCUT2D eigenvalue weighted by Crippen LogP contribution is 2.16. The molecule has 0 aliphatic carbocycles. The first-order chi connectivity index (χ1) is 10.0. The quantitative estimate of drug-likeness (QED) is 0.796. The standard InChI is InChI=1S/C15H17NO4S/c1-10-14(9-20-11(2)17)16(15(18)21-10)8-12-4-6-13(19-3)7-5-12/h4-7H,8-9H2,1-3H3. The number of benzene rings is 1. The summed E-state index contributed by atoms with van der Waals surface area (Å²) in [5, 5.41) is 0. The van der Waals surface area contributed by atoms with Crippen molar-refractivity contribution >= 4 is 17.3 Å². The third kappa shape index (κ3) is 3.72. The molecule has 1 aromatic heterocycles. The summed E-state index contributed by atoms with van der Waals surface area (Å²) in [5.41, 5.74) is 1.73. The van der Waals surface area contributed by atoms with E-state index in [0.29, 0.717) is 6.54 Å². The fourth-order valence-electron chi connectivity index (χ4n) is 1.97. The van der Waals surface area contributed by atoms with Crippen molar-refractivity contribution in [3.05, 3.63) is 50.1 Å². The van der Waals surface area contributed by atoms with E-state index in [0.717, 1.165) is 21.9 Å². The van der Waals surface area contributed by atoms with E-state index in [-0.39, 0.29) is 17.4 Å². The van der Waals surface area contributed by atoms with Gasteiger partial charge in [0.25, 0.3) is 0 Å². The average molecular weight is 307 g/mol. The predicted molar refractivity (Wildman–Crippen MR) is 80.9 cm³/mol. The Hall–Kier alpha value is -2.08. The second-order valence-corrected chi connectivity index (χ2v) is 5.75. The summed E-state index contributed by atoms with van der Waals surface area (Å²) < 4.78 is 11.8. The van der Waals surface area contributed by atoms with Gasteiger partial charge in [0, 0.05) is 11.8 Å². The topological polar surface area (TPSA) is 57.5 Å². The van der Waals surface area contributed by atoms with Crippen LogP contribution in [-0.4, -0.2) is 17.6 Å². The van der Waals surface area contributed by atoms with Crippen molar-refractivity contribution in [2.75, 3.05) is 7.11 Å². The summed E-state index contributed by atoms with van der Waals surface area (Å²) in [6.45, 7) is 3.78. The first-order valence-electron chi connectivity index (χ1n) is 6.46. The Kier molecular flexibility index (Phi) is 4.80. The zero-order valence-electron chi connectivity index (χ0n) is 12.2. The zero-order chi connectivity index (χ0) is 15.4. The van der Waals surface area contributed by atoms with E-state index in [1.165, 1.54) is 18.3 Å². The fraction of sp³-hybridized carbons (Fsp3) is 0.333. The van der Waals surface area contributed by atoms with E-state index < -0.39 is 0 Å². The van der Waals surface area contributed by atoms with Crippen LogP contribution in [0.3, 0.4) is 0 Å². The lowest BCUT2D eigenvalue weighted by Gasteiger charge is -2.09. The van der Waals surface area contributed by atoms with Gasteiger partial charge in [-0.1, -0.05) is 23.5 Å². The van der Waals surface area contributed by atoms with Crippen molar-refractivity contribution < 1.29 is 14.3 Å². The highest BCUT2D eigenvalue weighted by Gasteiger charge is 2.13. The lowest BCUT2D eigenvalue weighted by molar-refractivity contribution is -0.142. The number of aromatic nitrogens is 1. The van der Waals surface area contributed by atoms with Crippen LogP contribution in [0.15, 0.2) is 29.1 Å². The van der Waals surface area contributed by atoms with Gasteiger partial charge in [-0.15, -0.1) is 0 Å². The first kappa shape index (κ1) is 15.3. The number of aryl methyl sites for hydroxylation is 1. The molecule has 0 saturated heterocycles. The van der Waals surface area contributed by atoms with Crippen LogP contribution < -0.4 is 9.61 Å². The molecule has 6 heteroatoms. The zero-order valence-corrected chi connectivity index (χ0v) is 13.0. The van der Waals surface area contributed by atoms with Crippen LogP contribution in [0, 0.1) is 6.92 Å². The molecule has 21 heavy (non-hydrogen) atoms. The Morgan fingerprint density at radius 3 is 2.52 bits per heavy atom. The third-order valence-electron chi connectivity index (χ3n) is 3.10. The SMILES string of the molecule is COc1ccc(Cn2c(COC(C)=O)c(C)sc2=O)cc1. The third-order valence-corrected chi connectivity index (χ3v) is 4.04. The van der Waals surface area contributed by atoms with E-state index in [9.17, 15) is 9.59 Å². The summed E-state index contributed by atoms with van der Waals surface area (Å²) in [4.78, 5) is 23.8. The molecule has 0 atom stereocenters. The summed E-state index contributed by atoms with van der Waals surface area (Å²) in [7, 11) is 1.61. The van der Waals surface area contributed by atoms with Gasteiger partial charge in [0.2, 0.25) is 0 Å². The Morgan fingerprint density at radius 2 is 1.95 bits per heavy atom. The molecule has 5 nitrogen and oxygen atoms in total. The number of hydrogen-bond donors (Lipinski definition) is 0. The van der Waals surface area contributed by atoms with Gasteiger partial charge >= 0.3 is 10.8 Å². The maximum atomic E-state index is 12.0. The van der Waals surface area contributed by atoms with Crippen LogP contribution in [0.25, 0.3) is 0 Å². The molecule has 2 rings (SSSR count). The molecule has 0 N–H and O–H groups in total. The normalized spacial score (nSPS) is 10.4. The number of nitrogens with zero attached hydrogens (tertiary/aromatic N) is 1. The molecule has 0 amide bonds. The van der Waals surface area contributed by atoms with Crippen LogP contribution in [0.1, 0.15) is 23.1 Å². The highest BCUT2D eigenvalue weighted by molar-refractivity contribution is 7.09. The number of methoxy groups -OCH3 is 1. The molecule has 0 aliphatic rings. The average Bonchev–Trinajstić information content (AvgIpc) is 2.72. The van der Waals surface area contributed by atoms with Crippen molar-refractivity contribution in [2.24, 2.45) is 0 Å². The lowest BCUT2D eigenvalue weighted by Crippen LogP contribution is -2.18. The summed E-state index contributed by atoms with van der Waals surface area (Å²) in [6, 6.07) is 7.53. The van der Waals surface area contributed by atoms with E-state index in [2.05, 4.69) is 0 Å². The molecule has 1 heterocycles. The monoisotopic (exact) mass is 307 g/mol. The van der Waals surface area contributed by atoms with Gasteiger partial charge in [0.15, 0.2) is 0 Å². The molecule has 0 bridgehead atoms. The van der Waals surface area contributed by atoms with Crippen LogP contribution in [0.2, 0.25) is 0 Å². The number of esters is 1. The number of rotatable bonds is 5. The Balaban J connectivity index is 2.25. The Labute approximate surface area is 126 Å². The van der Waals surface area contributed by atoms with E-state index >= 15 is 0 Å². The molecule has 0 saturated carbocycles. The Bertz CT molecular complexity index is 685. The van der Waals surface area contributed by atoms with Crippen LogP contribution in [0.5, 0.6) is 5.75 Å². The summed E-state index contributed by atoms with van der Waals surface area (Å²) in [6.07, 6.45) is 0. The van der Waals surface area contributed by atoms with Crippen LogP contribution in [0.4, 0.5) is 0 Å². The maximum absolute atomic E-state index is 12.0. The molecule has 0 radical (unpaired) electrons. The second kappa shape index (κ2) is 6.58. The van der Waals surface area contributed by atoms with Crippen molar-refractivity contribution in [2.45, 2.75) is 27.0 Å². The molecule has 2 aromatic rings. The maximum Gasteiger partial charge on any atom is 0.307 e. The van der Waals surface area contributed by atoms with Gasteiger partial charge in [0.05, 0.1) is 19.3 Å². The van der Waals surface area contributed by atoms with Gasteiger partial charge in [-0.3, -0.25) is 14.2 Å². The molecular formula is C15H17NO4S. The molecule has 0 unspecified atom stereocenters. The van der Waals surface area contributed by atoms with Crippen LogP contribution in [-0.2, 0) is 22.7 Å². The van der Waals surface area contributed by atoms with Crippen molar-refractivity contribution in [1.29, 1.82) is 0 Å². The van der Waals surface area contributed by atoms with Gasteiger partial charge < -0.3 is 9.47 Å². The number of thiazole rings is 1. The van der Waals surface area contributed by atoms with Gasteiger partial charge in [-0.25, -0.2) is 0 Å². The molecule has 0 spiro atoms. The molecule has 1 aromatic carbocycles. The first-order valence-corrected chi connectivity index (χ1v) is 7.28. The van der Waals surface area contributed by atoms with E-state index in [1.54, 1.807) is 11.7 Å². The molecular weight excluding hydrogens is 290 g/mol. The second-order valence-electron chi connectivity index (χ2n) is 4.59. The van der Waals surface area contributed by atoms with Crippen LogP contribution >= 0.6 is 11.3 Å². The van der Waals surface area contributed by atoms with Gasteiger partial charge in [0.1, 0.15) is 12.4 Å². The van der Waals surface area contributed by atoms with E-state index in [1.807, 2.05) is 31.2 Å².